The van der Waals surface area contributed by atoms with E-state index in [9.17, 15) is 0 Å². The molecule has 0 spiro atoms. The van der Waals surface area contributed by atoms with Crippen LogP contribution >= 0.6 is 22.9 Å². The highest BCUT2D eigenvalue weighted by molar-refractivity contribution is 7.12. The first-order chi connectivity index (χ1) is 4.24. The Bertz CT molecular complexity index is 203. The molecule has 0 aliphatic carbocycles. The molecule has 50 valence electrons. The summed E-state index contributed by atoms with van der Waals surface area (Å²) in [6.45, 7) is 4.20. The molecule has 0 unspecified atom stereocenters. The lowest BCUT2D eigenvalue weighted by atomic mass is 10.4. The van der Waals surface area contributed by atoms with Crippen LogP contribution in [0.1, 0.15) is 16.7 Å². The SMILES string of the molecule is CCc1sc(C)cc1Cl. The number of halogens is 1. The Labute approximate surface area is 64.5 Å². The van der Waals surface area contributed by atoms with Crippen molar-refractivity contribution in [1.82, 2.24) is 0 Å². The Morgan fingerprint density at radius 3 is 2.56 bits per heavy atom. The van der Waals surface area contributed by atoms with Crippen LogP contribution in [-0.4, -0.2) is 0 Å². The van der Waals surface area contributed by atoms with Crippen molar-refractivity contribution in [2.24, 2.45) is 0 Å². The fraction of sp³-hybridized carbons (Fsp3) is 0.429. The Morgan fingerprint density at radius 2 is 2.33 bits per heavy atom. The monoisotopic (exact) mass is 160 g/mol. The minimum atomic E-state index is 0.931. The van der Waals surface area contributed by atoms with E-state index in [0.717, 1.165) is 11.4 Å². The fourth-order valence-electron chi connectivity index (χ4n) is 0.773. The molecule has 0 nitrogen and oxygen atoms in total. The highest BCUT2D eigenvalue weighted by atomic mass is 35.5. The van der Waals surface area contributed by atoms with Crippen molar-refractivity contribution >= 4 is 22.9 Å². The first kappa shape index (κ1) is 7.10. The zero-order valence-electron chi connectivity index (χ0n) is 5.57. The van der Waals surface area contributed by atoms with E-state index in [1.165, 1.54) is 9.75 Å². The Balaban J connectivity index is 3.01. The van der Waals surface area contributed by atoms with Crippen molar-refractivity contribution in [2.45, 2.75) is 20.3 Å². The largest absolute Gasteiger partial charge is 0.144 e. The smallest absolute Gasteiger partial charge is 0.0547 e. The van der Waals surface area contributed by atoms with Gasteiger partial charge in [0.2, 0.25) is 0 Å². The zero-order valence-corrected chi connectivity index (χ0v) is 7.14. The Hall–Kier alpha value is -0.0100. The lowest BCUT2D eigenvalue weighted by Gasteiger charge is -1.85. The quantitative estimate of drug-likeness (QED) is 0.592. The van der Waals surface area contributed by atoms with E-state index < -0.39 is 0 Å². The summed E-state index contributed by atoms with van der Waals surface area (Å²) in [6, 6.07) is 2.02. The van der Waals surface area contributed by atoms with Gasteiger partial charge in [0.1, 0.15) is 0 Å². The molecule has 0 saturated heterocycles. The molecule has 2 heteroatoms. The van der Waals surface area contributed by atoms with Gasteiger partial charge in [0.05, 0.1) is 5.02 Å². The molecule has 0 bridgehead atoms. The van der Waals surface area contributed by atoms with Gasteiger partial charge in [-0.3, -0.25) is 0 Å². The predicted octanol–water partition coefficient (Wildman–Crippen LogP) is 3.27. The molecular formula is C7H9ClS. The topological polar surface area (TPSA) is 0 Å². The standard InChI is InChI=1S/C7H9ClS/c1-3-7-6(8)4-5(2)9-7/h4H,3H2,1-2H3. The van der Waals surface area contributed by atoms with Crippen LogP contribution in [0.3, 0.4) is 0 Å². The van der Waals surface area contributed by atoms with Gasteiger partial charge in [0, 0.05) is 9.75 Å². The molecule has 0 aromatic carbocycles. The van der Waals surface area contributed by atoms with Gasteiger partial charge in [-0.15, -0.1) is 11.3 Å². The van der Waals surface area contributed by atoms with Gasteiger partial charge in [0.25, 0.3) is 0 Å². The van der Waals surface area contributed by atoms with Crippen molar-refractivity contribution in [3.8, 4) is 0 Å². The second-order valence-electron chi connectivity index (χ2n) is 1.98. The zero-order chi connectivity index (χ0) is 6.85. The highest BCUT2D eigenvalue weighted by Crippen LogP contribution is 2.26. The third-order valence-electron chi connectivity index (χ3n) is 1.20. The highest BCUT2D eigenvalue weighted by Gasteiger charge is 2.00. The average molecular weight is 161 g/mol. The van der Waals surface area contributed by atoms with Crippen molar-refractivity contribution in [3.63, 3.8) is 0 Å². The van der Waals surface area contributed by atoms with E-state index in [0.29, 0.717) is 0 Å². The van der Waals surface area contributed by atoms with Crippen LogP contribution in [0.2, 0.25) is 5.02 Å². The maximum absolute atomic E-state index is 5.86. The molecule has 0 amide bonds. The average Bonchev–Trinajstić information content (AvgIpc) is 2.10. The van der Waals surface area contributed by atoms with Crippen molar-refractivity contribution < 1.29 is 0 Å². The summed E-state index contributed by atoms with van der Waals surface area (Å²) in [5, 5.41) is 0.931. The van der Waals surface area contributed by atoms with Crippen LogP contribution < -0.4 is 0 Å². The predicted molar refractivity (Wildman–Crippen MR) is 43.4 cm³/mol. The second kappa shape index (κ2) is 2.72. The van der Waals surface area contributed by atoms with Gasteiger partial charge in [-0.25, -0.2) is 0 Å². The van der Waals surface area contributed by atoms with Crippen LogP contribution in [0.25, 0.3) is 0 Å². The van der Waals surface area contributed by atoms with E-state index in [2.05, 4.69) is 13.8 Å². The summed E-state index contributed by atoms with van der Waals surface area (Å²) in [5.41, 5.74) is 0. The number of thiophene rings is 1. The number of hydrogen-bond donors (Lipinski definition) is 0. The van der Waals surface area contributed by atoms with Crippen LogP contribution in [0, 0.1) is 6.92 Å². The van der Waals surface area contributed by atoms with Crippen molar-refractivity contribution in [2.75, 3.05) is 0 Å². The van der Waals surface area contributed by atoms with E-state index in [1.807, 2.05) is 6.07 Å². The van der Waals surface area contributed by atoms with E-state index in [4.69, 9.17) is 11.6 Å². The Kier molecular flexibility index (Phi) is 2.14. The maximum atomic E-state index is 5.86. The van der Waals surface area contributed by atoms with Crippen LogP contribution in [0.4, 0.5) is 0 Å². The molecule has 0 radical (unpaired) electrons. The van der Waals surface area contributed by atoms with Gasteiger partial charge >= 0.3 is 0 Å². The molecule has 1 heterocycles. The fourth-order valence-corrected chi connectivity index (χ4v) is 2.12. The van der Waals surface area contributed by atoms with E-state index in [-0.39, 0.29) is 0 Å². The molecule has 0 aliphatic heterocycles. The minimum Gasteiger partial charge on any atom is -0.144 e. The van der Waals surface area contributed by atoms with Gasteiger partial charge in [-0.2, -0.15) is 0 Å². The molecule has 0 atom stereocenters. The van der Waals surface area contributed by atoms with Gasteiger partial charge in [-0.05, 0) is 19.4 Å². The molecule has 1 aromatic rings. The van der Waals surface area contributed by atoms with Crippen molar-refractivity contribution in [3.05, 3.63) is 20.8 Å². The first-order valence-electron chi connectivity index (χ1n) is 2.99. The molecule has 0 fully saturated rings. The van der Waals surface area contributed by atoms with Crippen molar-refractivity contribution in [1.29, 1.82) is 0 Å². The van der Waals surface area contributed by atoms with E-state index in [1.54, 1.807) is 11.3 Å². The summed E-state index contributed by atoms with van der Waals surface area (Å²) < 4.78 is 0. The lowest BCUT2D eigenvalue weighted by Crippen LogP contribution is -1.67. The molecule has 1 aromatic heterocycles. The van der Waals surface area contributed by atoms with Crippen LogP contribution in [0.15, 0.2) is 6.07 Å². The van der Waals surface area contributed by atoms with Gasteiger partial charge in [0.15, 0.2) is 0 Å². The molecule has 9 heavy (non-hydrogen) atoms. The first-order valence-corrected chi connectivity index (χ1v) is 4.18. The number of rotatable bonds is 1. The third kappa shape index (κ3) is 1.46. The molecule has 0 aliphatic rings. The summed E-state index contributed by atoms with van der Waals surface area (Å²) in [5.74, 6) is 0. The number of hydrogen-bond acceptors (Lipinski definition) is 1. The molecule has 1 rings (SSSR count). The second-order valence-corrected chi connectivity index (χ2v) is 3.73. The van der Waals surface area contributed by atoms with Crippen LogP contribution in [-0.2, 0) is 6.42 Å². The minimum absolute atomic E-state index is 0.931. The maximum Gasteiger partial charge on any atom is 0.0547 e. The van der Waals surface area contributed by atoms with Crippen LogP contribution in [0.5, 0.6) is 0 Å². The lowest BCUT2D eigenvalue weighted by molar-refractivity contribution is 1.19. The normalized spacial score (nSPS) is 10.1. The molecule has 0 saturated carbocycles. The number of aryl methyl sites for hydroxylation is 2. The van der Waals surface area contributed by atoms with Gasteiger partial charge in [-0.1, -0.05) is 18.5 Å². The summed E-state index contributed by atoms with van der Waals surface area (Å²) in [4.78, 5) is 2.60. The summed E-state index contributed by atoms with van der Waals surface area (Å²) >= 11 is 7.64. The molecule has 0 N–H and O–H groups in total. The third-order valence-corrected chi connectivity index (χ3v) is 2.85. The summed E-state index contributed by atoms with van der Waals surface area (Å²) in [7, 11) is 0. The van der Waals surface area contributed by atoms with Gasteiger partial charge < -0.3 is 0 Å². The van der Waals surface area contributed by atoms with E-state index >= 15 is 0 Å². The Morgan fingerprint density at radius 1 is 1.67 bits per heavy atom. The summed E-state index contributed by atoms with van der Waals surface area (Å²) in [6.07, 6.45) is 1.05. The molecular weight excluding hydrogens is 152 g/mol.